The van der Waals surface area contributed by atoms with Crippen molar-refractivity contribution in [3.8, 4) is 5.75 Å². The first kappa shape index (κ1) is 18.4. The number of hydrogen-bond donors (Lipinski definition) is 1. The van der Waals surface area contributed by atoms with Crippen LogP contribution in [0.5, 0.6) is 5.75 Å². The van der Waals surface area contributed by atoms with Crippen LogP contribution < -0.4 is 4.74 Å². The van der Waals surface area contributed by atoms with Gasteiger partial charge in [-0.3, -0.25) is 9.59 Å². The molecule has 3 heterocycles. The molecule has 0 radical (unpaired) electrons. The highest BCUT2D eigenvalue weighted by Crippen LogP contribution is 2.33. The number of nitrogens with zero attached hydrogens (tertiary/aromatic N) is 2. The van der Waals surface area contributed by atoms with E-state index in [1.165, 1.54) is 11.3 Å². The number of carbonyl (C=O) groups is 2. The summed E-state index contributed by atoms with van der Waals surface area (Å²) in [5, 5.41) is 1.89. The number of ether oxygens (including phenoxy) is 1. The molecule has 1 aromatic carbocycles. The first-order chi connectivity index (χ1) is 13.5. The van der Waals surface area contributed by atoms with Gasteiger partial charge in [0.2, 0.25) is 5.91 Å². The summed E-state index contributed by atoms with van der Waals surface area (Å²) in [5.41, 5.74) is 3.89. The van der Waals surface area contributed by atoms with Gasteiger partial charge in [-0.2, -0.15) is 0 Å². The zero-order chi connectivity index (χ0) is 19.7. The fourth-order valence-corrected chi connectivity index (χ4v) is 4.39. The van der Waals surface area contributed by atoms with Crippen LogP contribution in [0.3, 0.4) is 0 Å². The van der Waals surface area contributed by atoms with Gasteiger partial charge in [0, 0.05) is 12.5 Å². The smallest absolute Gasteiger partial charge is 0.227 e. The van der Waals surface area contributed by atoms with Crippen molar-refractivity contribution < 1.29 is 14.3 Å². The number of carbonyl (C=O) groups excluding carboxylic acids is 2. The Morgan fingerprint density at radius 3 is 2.96 bits per heavy atom. The van der Waals surface area contributed by atoms with Gasteiger partial charge < -0.3 is 14.6 Å². The number of benzene rings is 1. The van der Waals surface area contributed by atoms with E-state index < -0.39 is 0 Å². The van der Waals surface area contributed by atoms with Crippen LogP contribution in [-0.4, -0.2) is 40.2 Å². The van der Waals surface area contributed by atoms with Crippen molar-refractivity contribution >= 4 is 23.0 Å². The molecule has 0 aliphatic carbocycles. The highest BCUT2D eigenvalue weighted by Gasteiger charge is 2.31. The highest BCUT2D eigenvalue weighted by molar-refractivity contribution is 7.12. The van der Waals surface area contributed by atoms with E-state index in [1.807, 2.05) is 40.6 Å². The van der Waals surface area contributed by atoms with Gasteiger partial charge in [0.05, 0.1) is 42.7 Å². The van der Waals surface area contributed by atoms with Crippen molar-refractivity contribution in [2.24, 2.45) is 0 Å². The fraction of sp³-hybridized carbons (Fsp3) is 0.286. The molecule has 7 heteroatoms. The first-order valence-electron chi connectivity index (χ1n) is 9.07. The Morgan fingerprint density at radius 1 is 1.36 bits per heavy atom. The number of fused-ring (bicyclic) bond motifs is 1. The lowest BCUT2D eigenvalue weighted by Crippen LogP contribution is -2.39. The number of nitrogens with one attached hydrogen (secondary N) is 1. The van der Waals surface area contributed by atoms with Crippen molar-refractivity contribution in [1.82, 2.24) is 14.9 Å². The minimum absolute atomic E-state index is 0.00990. The molecule has 0 saturated heterocycles. The largest absolute Gasteiger partial charge is 0.497 e. The molecule has 2 aromatic heterocycles. The summed E-state index contributed by atoms with van der Waals surface area (Å²) in [4.78, 5) is 34.7. The second-order valence-corrected chi connectivity index (χ2v) is 7.83. The minimum atomic E-state index is -0.00990. The summed E-state index contributed by atoms with van der Waals surface area (Å²) in [7, 11) is 1.64. The summed E-state index contributed by atoms with van der Waals surface area (Å²) < 4.78 is 5.35. The van der Waals surface area contributed by atoms with Crippen molar-refractivity contribution in [1.29, 1.82) is 0 Å². The summed E-state index contributed by atoms with van der Waals surface area (Å²) in [6, 6.07) is 9.71. The average molecular weight is 395 g/mol. The van der Waals surface area contributed by atoms with Gasteiger partial charge in [-0.25, -0.2) is 4.98 Å². The molecule has 1 atom stereocenters. The van der Waals surface area contributed by atoms with Gasteiger partial charge in [-0.15, -0.1) is 11.3 Å². The quantitative estimate of drug-likeness (QED) is 0.672. The van der Waals surface area contributed by atoms with Crippen LogP contribution in [0.4, 0.5) is 0 Å². The number of ketones is 1. The molecule has 3 aromatic rings. The third-order valence-electron chi connectivity index (χ3n) is 5.04. The van der Waals surface area contributed by atoms with Gasteiger partial charge in [0.15, 0.2) is 5.78 Å². The Morgan fingerprint density at radius 2 is 2.21 bits per heavy atom. The predicted octanol–water partition coefficient (Wildman–Crippen LogP) is 3.40. The maximum atomic E-state index is 13.0. The maximum absolute atomic E-state index is 13.0. The Kier molecular flexibility index (Phi) is 5.00. The van der Waals surface area contributed by atoms with E-state index in [-0.39, 0.29) is 24.0 Å². The number of rotatable bonds is 5. The molecule has 144 valence electrons. The number of aromatic nitrogens is 2. The zero-order valence-corrected chi connectivity index (χ0v) is 16.6. The third-order valence-corrected chi connectivity index (χ3v) is 6.12. The second-order valence-electron chi connectivity index (χ2n) is 6.92. The molecule has 1 unspecified atom stereocenters. The molecule has 0 bridgehead atoms. The van der Waals surface area contributed by atoms with E-state index in [1.54, 1.807) is 20.4 Å². The summed E-state index contributed by atoms with van der Waals surface area (Å²) >= 11 is 1.39. The molecule has 28 heavy (non-hydrogen) atoms. The molecule has 0 fully saturated rings. The molecule has 1 N–H and O–H groups in total. The highest BCUT2D eigenvalue weighted by atomic mass is 32.1. The lowest BCUT2D eigenvalue weighted by Gasteiger charge is -2.32. The molecule has 0 spiro atoms. The van der Waals surface area contributed by atoms with Crippen LogP contribution in [-0.2, 0) is 17.8 Å². The predicted molar refractivity (Wildman–Crippen MR) is 107 cm³/mol. The van der Waals surface area contributed by atoms with E-state index in [0.717, 1.165) is 28.3 Å². The Hall–Kier alpha value is -2.93. The summed E-state index contributed by atoms with van der Waals surface area (Å²) in [6.07, 6.45) is 1.97. The average Bonchev–Trinajstić information content (AvgIpc) is 3.36. The van der Waals surface area contributed by atoms with Crippen LogP contribution in [0.2, 0.25) is 0 Å². The van der Waals surface area contributed by atoms with Gasteiger partial charge in [-0.05, 0) is 41.6 Å². The summed E-state index contributed by atoms with van der Waals surface area (Å²) in [6.45, 7) is 2.62. The molecule has 4 rings (SSSR count). The number of imidazole rings is 1. The Bertz CT molecular complexity index is 1020. The number of aromatic amines is 1. The zero-order valence-electron chi connectivity index (χ0n) is 15.8. The number of Topliss-reactive ketones (excluding diaryl/α,β-unsaturated/α-hetero) is 1. The third kappa shape index (κ3) is 3.57. The Labute approximate surface area is 167 Å². The molecule has 1 aliphatic rings. The topological polar surface area (TPSA) is 75.3 Å². The molecular weight excluding hydrogens is 374 g/mol. The lowest BCUT2D eigenvalue weighted by molar-refractivity contribution is -0.131. The monoisotopic (exact) mass is 395 g/mol. The summed E-state index contributed by atoms with van der Waals surface area (Å²) in [5.74, 6) is 0.847. The number of methoxy groups -OCH3 is 1. The lowest BCUT2D eigenvalue weighted by atomic mass is 9.90. The molecule has 1 amide bonds. The molecular formula is C21H21N3O3S. The Balaban J connectivity index is 1.57. The van der Waals surface area contributed by atoms with Gasteiger partial charge in [0.1, 0.15) is 5.75 Å². The standard InChI is InChI=1S/C21H21N3O3S/c1-13(25)19-6-14(11-28-19)7-20(26)24-9-17(21-18(10-24)22-12-23-21)15-4-3-5-16(8-15)27-2/h3-6,8,11-12,17H,7,9-10H2,1-2H3,(H,22,23). The molecule has 6 nitrogen and oxygen atoms in total. The molecule has 0 saturated carbocycles. The van der Waals surface area contributed by atoms with E-state index in [9.17, 15) is 9.59 Å². The van der Waals surface area contributed by atoms with Crippen molar-refractivity contribution in [3.63, 3.8) is 0 Å². The van der Waals surface area contributed by atoms with Gasteiger partial charge in [-0.1, -0.05) is 12.1 Å². The molecule has 1 aliphatic heterocycles. The van der Waals surface area contributed by atoms with Gasteiger partial charge in [0.25, 0.3) is 0 Å². The number of H-pyrrole nitrogens is 1. The first-order valence-corrected chi connectivity index (χ1v) is 9.95. The van der Waals surface area contributed by atoms with Crippen molar-refractivity contribution in [2.45, 2.75) is 25.8 Å². The number of amides is 1. The van der Waals surface area contributed by atoms with E-state index >= 15 is 0 Å². The second kappa shape index (κ2) is 7.59. The SMILES string of the molecule is COc1cccc(C2CN(C(=O)Cc3csc(C(C)=O)c3)Cc3[nH]cnc32)c1. The van der Waals surface area contributed by atoms with Crippen LogP contribution in [0.1, 0.15) is 45.0 Å². The van der Waals surface area contributed by atoms with Crippen LogP contribution in [0.25, 0.3) is 0 Å². The van der Waals surface area contributed by atoms with E-state index in [2.05, 4.69) is 9.97 Å². The number of hydrogen-bond acceptors (Lipinski definition) is 5. The normalized spacial score (nSPS) is 15.9. The maximum Gasteiger partial charge on any atom is 0.227 e. The van der Waals surface area contributed by atoms with E-state index in [4.69, 9.17) is 4.74 Å². The minimum Gasteiger partial charge on any atom is -0.497 e. The van der Waals surface area contributed by atoms with Crippen molar-refractivity contribution in [2.75, 3.05) is 13.7 Å². The fourth-order valence-electron chi connectivity index (χ4n) is 3.57. The van der Waals surface area contributed by atoms with Crippen LogP contribution in [0.15, 0.2) is 42.0 Å². The van der Waals surface area contributed by atoms with Crippen molar-refractivity contribution in [3.05, 3.63) is 69.4 Å². The number of thiophene rings is 1. The van der Waals surface area contributed by atoms with Gasteiger partial charge >= 0.3 is 0 Å². The van der Waals surface area contributed by atoms with Crippen LogP contribution in [0, 0.1) is 0 Å². The van der Waals surface area contributed by atoms with Crippen LogP contribution >= 0.6 is 11.3 Å². The van der Waals surface area contributed by atoms with E-state index in [0.29, 0.717) is 18.0 Å².